The van der Waals surface area contributed by atoms with E-state index in [1.807, 2.05) is 35.8 Å². The molecule has 4 nitrogen and oxygen atoms in total. The van der Waals surface area contributed by atoms with Gasteiger partial charge in [0.2, 0.25) is 0 Å². The first-order chi connectivity index (χ1) is 12.5. The molecule has 3 rings (SSSR count). The number of carbonyl (C=O) groups excluding carboxylic acids is 1. The van der Waals surface area contributed by atoms with Crippen LogP contribution in [0.2, 0.25) is 0 Å². The molecule has 1 aliphatic rings. The Morgan fingerprint density at radius 1 is 1.23 bits per heavy atom. The minimum Gasteiger partial charge on any atom is -0.490 e. The average molecular weight is 357 g/mol. The maximum absolute atomic E-state index is 11.5. The standard InChI is InChI=1S/C16H18N2O2.C6H14/c1-3-18-15(10-17-16(18)11(2)19)12-4-6-13(7-5-12)20-14-8-9-14;1-4-5-6(2)3/h4-7,10,14H,3,8-9H2,1-2H3;6H,4-5H2,1-3H3. The molecule has 0 aliphatic heterocycles. The third-order valence-electron chi connectivity index (χ3n) is 4.33. The van der Waals surface area contributed by atoms with Crippen LogP contribution in [-0.2, 0) is 6.54 Å². The van der Waals surface area contributed by atoms with Gasteiger partial charge in [-0.15, -0.1) is 0 Å². The number of imidazole rings is 1. The Labute approximate surface area is 157 Å². The van der Waals surface area contributed by atoms with Gasteiger partial charge in [-0.1, -0.05) is 33.6 Å². The van der Waals surface area contributed by atoms with Gasteiger partial charge in [-0.05, 0) is 49.9 Å². The van der Waals surface area contributed by atoms with Crippen molar-refractivity contribution in [3.8, 4) is 17.0 Å². The molecule has 1 saturated carbocycles. The number of hydrogen-bond donors (Lipinski definition) is 0. The van der Waals surface area contributed by atoms with E-state index in [1.165, 1.54) is 12.8 Å². The molecule has 0 N–H and O–H groups in total. The Kier molecular flexibility index (Phi) is 7.43. The number of benzene rings is 1. The Morgan fingerprint density at radius 3 is 2.31 bits per heavy atom. The van der Waals surface area contributed by atoms with Crippen LogP contribution in [0.5, 0.6) is 5.75 Å². The molecule has 1 aromatic heterocycles. The third-order valence-corrected chi connectivity index (χ3v) is 4.33. The summed E-state index contributed by atoms with van der Waals surface area (Å²) < 4.78 is 7.68. The van der Waals surface area contributed by atoms with E-state index < -0.39 is 0 Å². The van der Waals surface area contributed by atoms with Crippen molar-refractivity contribution in [3.05, 3.63) is 36.3 Å². The Bertz CT molecular complexity index is 697. The zero-order valence-electron chi connectivity index (χ0n) is 16.8. The summed E-state index contributed by atoms with van der Waals surface area (Å²) in [5, 5.41) is 0. The largest absolute Gasteiger partial charge is 0.490 e. The Hall–Kier alpha value is -2.10. The van der Waals surface area contributed by atoms with Gasteiger partial charge in [0.05, 0.1) is 18.0 Å². The second-order valence-corrected chi connectivity index (χ2v) is 7.29. The second kappa shape index (κ2) is 9.56. The van der Waals surface area contributed by atoms with Crippen molar-refractivity contribution in [2.45, 2.75) is 73.0 Å². The molecule has 1 fully saturated rings. The van der Waals surface area contributed by atoms with Crippen LogP contribution >= 0.6 is 0 Å². The molecular weight excluding hydrogens is 324 g/mol. The van der Waals surface area contributed by atoms with Gasteiger partial charge in [-0.3, -0.25) is 4.79 Å². The minimum atomic E-state index is -0.00760. The molecule has 4 heteroatoms. The van der Waals surface area contributed by atoms with Crippen LogP contribution in [0.1, 0.15) is 70.9 Å². The first kappa shape index (κ1) is 20.2. The van der Waals surface area contributed by atoms with E-state index in [9.17, 15) is 4.79 Å². The van der Waals surface area contributed by atoms with Crippen LogP contribution in [0, 0.1) is 5.92 Å². The minimum absolute atomic E-state index is 0.00760. The number of hydrogen-bond acceptors (Lipinski definition) is 3. The molecule has 0 atom stereocenters. The quantitative estimate of drug-likeness (QED) is 0.593. The molecule has 0 bridgehead atoms. The molecule has 142 valence electrons. The Balaban J connectivity index is 0.000000352. The van der Waals surface area contributed by atoms with Crippen molar-refractivity contribution in [2.24, 2.45) is 5.92 Å². The van der Waals surface area contributed by atoms with Crippen molar-refractivity contribution in [1.29, 1.82) is 0 Å². The SMILES string of the molecule is CCCC(C)C.CCn1c(-c2ccc(OC3CC3)cc2)cnc1C(C)=O. The molecule has 1 heterocycles. The highest BCUT2D eigenvalue weighted by atomic mass is 16.5. The Morgan fingerprint density at radius 2 is 1.88 bits per heavy atom. The highest BCUT2D eigenvalue weighted by Crippen LogP contribution is 2.29. The van der Waals surface area contributed by atoms with Gasteiger partial charge >= 0.3 is 0 Å². The fourth-order valence-electron chi connectivity index (χ4n) is 2.87. The maximum Gasteiger partial charge on any atom is 0.195 e. The van der Waals surface area contributed by atoms with Gasteiger partial charge in [-0.25, -0.2) is 4.98 Å². The predicted octanol–water partition coefficient (Wildman–Crippen LogP) is 5.76. The average Bonchev–Trinajstić information content (AvgIpc) is 3.30. The topological polar surface area (TPSA) is 44.1 Å². The first-order valence-corrected chi connectivity index (χ1v) is 9.79. The van der Waals surface area contributed by atoms with Gasteiger partial charge in [0.15, 0.2) is 11.6 Å². The van der Waals surface area contributed by atoms with Crippen molar-refractivity contribution >= 4 is 5.78 Å². The summed E-state index contributed by atoms with van der Waals surface area (Å²) >= 11 is 0. The van der Waals surface area contributed by atoms with Gasteiger partial charge in [-0.2, -0.15) is 0 Å². The van der Waals surface area contributed by atoms with Crippen LogP contribution in [0.25, 0.3) is 11.3 Å². The molecule has 1 aromatic carbocycles. The lowest BCUT2D eigenvalue weighted by Gasteiger charge is -2.09. The third kappa shape index (κ3) is 5.72. The smallest absolute Gasteiger partial charge is 0.195 e. The van der Waals surface area contributed by atoms with E-state index in [4.69, 9.17) is 4.74 Å². The number of ketones is 1. The summed E-state index contributed by atoms with van der Waals surface area (Å²) in [4.78, 5) is 15.8. The number of nitrogens with zero attached hydrogens (tertiary/aromatic N) is 2. The second-order valence-electron chi connectivity index (χ2n) is 7.29. The molecule has 2 aromatic rings. The van der Waals surface area contributed by atoms with E-state index in [2.05, 4.69) is 25.8 Å². The lowest BCUT2D eigenvalue weighted by atomic mass is 10.1. The van der Waals surface area contributed by atoms with Crippen molar-refractivity contribution in [2.75, 3.05) is 0 Å². The van der Waals surface area contributed by atoms with Crippen molar-refractivity contribution < 1.29 is 9.53 Å². The zero-order chi connectivity index (χ0) is 19.1. The van der Waals surface area contributed by atoms with E-state index in [-0.39, 0.29) is 5.78 Å². The fourth-order valence-corrected chi connectivity index (χ4v) is 2.87. The molecular formula is C22H32N2O2. The number of carbonyl (C=O) groups is 1. The zero-order valence-corrected chi connectivity index (χ0v) is 16.8. The molecule has 1 aliphatic carbocycles. The van der Waals surface area contributed by atoms with Gasteiger partial charge in [0.1, 0.15) is 5.75 Å². The van der Waals surface area contributed by atoms with Crippen molar-refractivity contribution in [1.82, 2.24) is 9.55 Å². The summed E-state index contributed by atoms with van der Waals surface area (Å²) in [6, 6.07) is 8.00. The van der Waals surface area contributed by atoms with Crippen LogP contribution < -0.4 is 4.74 Å². The monoisotopic (exact) mass is 356 g/mol. The summed E-state index contributed by atoms with van der Waals surface area (Å²) in [5.74, 6) is 2.31. The normalized spacial score (nSPS) is 13.3. The van der Waals surface area contributed by atoms with E-state index in [1.54, 1.807) is 13.1 Å². The molecule has 0 amide bonds. The lowest BCUT2D eigenvalue weighted by Crippen LogP contribution is -2.07. The van der Waals surface area contributed by atoms with Crippen molar-refractivity contribution in [3.63, 3.8) is 0 Å². The number of rotatable bonds is 7. The molecule has 0 unspecified atom stereocenters. The fraction of sp³-hybridized carbons (Fsp3) is 0.545. The highest BCUT2D eigenvalue weighted by molar-refractivity contribution is 5.91. The van der Waals surface area contributed by atoms with E-state index in [0.29, 0.717) is 11.9 Å². The number of ether oxygens (including phenoxy) is 1. The predicted molar refractivity (Wildman–Crippen MR) is 107 cm³/mol. The maximum atomic E-state index is 11.5. The number of Topliss-reactive ketones (excluding diaryl/α,β-unsaturated/α-hetero) is 1. The first-order valence-electron chi connectivity index (χ1n) is 9.79. The van der Waals surface area contributed by atoms with Crippen LogP contribution in [0.3, 0.4) is 0 Å². The molecule has 0 spiro atoms. The summed E-state index contributed by atoms with van der Waals surface area (Å²) in [6.07, 6.45) is 7.19. The van der Waals surface area contributed by atoms with Gasteiger partial charge in [0.25, 0.3) is 0 Å². The molecule has 0 saturated heterocycles. The van der Waals surface area contributed by atoms with Gasteiger partial charge < -0.3 is 9.30 Å². The number of aromatic nitrogens is 2. The molecule has 26 heavy (non-hydrogen) atoms. The lowest BCUT2D eigenvalue weighted by molar-refractivity contribution is 0.0999. The summed E-state index contributed by atoms with van der Waals surface area (Å²) in [7, 11) is 0. The van der Waals surface area contributed by atoms with Crippen LogP contribution in [0.4, 0.5) is 0 Å². The van der Waals surface area contributed by atoms with Crippen LogP contribution in [-0.4, -0.2) is 21.4 Å². The summed E-state index contributed by atoms with van der Waals surface area (Å²) in [5.41, 5.74) is 2.02. The van der Waals surface area contributed by atoms with E-state index in [0.717, 1.165) is 42.3 Å². The van der Waals surface area contributed by atoms with Crippen LogP contribution in [0.15, 0.2) is 30.5 Å². The van der Waals surface area contributed by atoms with E-state index >= 15 is 0 Å². The summed E-state index contributed by atoms with van der Waals surface area (Å²) in [6.45, 7) is 11.0. The van der Waals surface area contributed by atoms with Gasteiger partial charge in [0, 0.05) is 19.0 Å². The molecule has 0 radical (unpaired) electrons. The highest BCUT2D eigenvalue weighted by Gasteiger charge is 2.23.